The minimum Gasteiger partial charge on any atom is -0.327 e. The van der Waals surface area contributed by atoms with E-state index in [-0.39, 0.29) is 5.91 Å². The summed E-state index contributed by atoms with van der Waals surface area (Å²) in [5.41, 5.74) is 0.537. The fourth-order valence-electron chi connectivity index (χ4n) is 2.17. The van der Waals surface area contributed by atoms with Crippen molar-refractivity contribution in [3.8, 4) is 0 Å². The molecule has 0 radical (unpaired) electrons. The first-order chi connectivity index (χ1) is 9.12. The monoisotopic (exact) mass is 292 g/mol. The van der Waals surface area contributed by atoms with Gasteiger partial charge in [0, 0.05) is 23.6 Å². The van der Waals surface area contributed by atoms with Gasteiger partial charge in [0.2, 0.25) is 0 Å². The molecule has 1 heterocycles. The van der Waals surface area contributed by atoms with E-state index >= 15 is 0 Å². The fourth-order valence-corrected chi connectivity index (χ4v) is 3.08. The van der Waals surface area contributed by atoms with Gasteiger partial charge in [-0.2, -0.15) is 4.99 Å². The lowest BCUT2D eigenvalue weighted by atomic mass is 9.95. The molecule has 1 saturated carbocycles. The van der Waals surface area contributed by atoms with Gasteiger partial charge in [0.1, 0.15) is 0 Å². The van der Waals surface area contributed by atoms with Crippen LogP contribution in [0, 0.1) is 0 Å². The van der Waals surface area contributed by atoms with Crippen molar-refractivity contribution in [3.63, 3.8) is 0 Å². The van der Waals surface area contributed by atoms with E-state index in [1.807, 2.05) is 47.5 Å². The molecule has 0 aliphatic heterocycles. The zero-order valence-corrected chi connectivity index (χ0v) is 12.0. The molecule has 3 nitrogen and oxygen atoms in total. The molecule has 1 amide bonds. The normalized spacial score (nSPS) is 17.5. The Morgan fingerprint density at radius 2 is 2.26 bits per heavy atom. The number of amides is 1. The van der Waals surface area contributed by atoms with Gasteiger partial charge >= 0.3 is 0 Å². The van der Waals surface area contributed by atoms with Crippen molar-refractivity contribution < 1.29 is 4.79 Å². The smallest absolute Gasteiger partial charge is 0.258 e. The van der Waals surface area contributed by atoms with Crippen LogP contribution in [0.3, 0.4) is 0 Å². The summed E-state index contributed by atoms with van der Waals surface area (Å²) in [5, 5.41) is 2.59. The lowest BCUT2D eigenvalue weighted by Gasteiger charge is -2.11. The maximum atomic E-state index is 12.4. The highest BCUT2D eigenvalue weighted by Gasteiger charge is 2.51. The first kappa shape index (κ1) is 12.6. The molecule has 1 aliphatic carbocycles. The second kappa shape index (κ2) is 4.62. The van der Waals surface area contributed by atoms with Gasteiger partial charge in [-0.05, 0) is 30.5 Å². The van der Waals surface area contributed by atoms with Gasteiger partial charge in [-0.25, -0.2) is 0 Å². The fraction of sp³-hybridized carbons (Fsp3) is 0.286. The van der Waals surface area contributed by atoms with E-state index in [1.165, 1.54) is 11.3 Å². The Bertz CT molecular complexity index is 697. The predicted molar refractivity (Wildman–Crippen MR) is 76.2 cm³/mol. The van der Waals surface area contributed by atoms with Crippen molar-refractivity contribution in [2.45, 2.75) is 18.3 Å². The largest absolute Gasteiger partial charge is 0.327 e. The van der Waals surface area contributed by atoms with Crippen LogP contribution in [-0.4, -0.2) is 10.5 Å². The van der Waals surface area contributed by atoms with Gasteiger partial charge in [0.15, 0.2) is 4.80 Å². The minimum absolute atomic E-state index is 0.0622. The van der Waals surface area contributed by atoms with Crippen LogP contribution in [0.15, 0.2) is 40.8 Å². The van der Waals surface area contributed by atoms with E-state index in [4.69, 9.17) is 11.6 Å². The van der Waals surface area contributed by atoms with Crippen LogP contribution in [0.25, 0.3) is 0 Å². The molecule has 19 heavy (non-hydrogen) atoms. The molecule has 1 fully saturated rings. The molecule has 1 aromatic heterocycles. The molecule has 98 valence electrons. The summed E-state index contributed by atoms with van der Waals surface area (Å²) in [5.74, 6) is -0.0622. The molecule has 0 atom stereocenters. The number of hydrogen-bond donors (Lipinski definition) is 0. The molecule has 0 N–H and O–H groups in total. The Hall–Kier alpha value is -1.39. The zero-order chi connectivity index (χ0) is 13.5. The first-order valence-corrected chi connectivity index (χ1v) is 7.33. The van der Waals surface area contributed by atoms with Crippen LogP contribution < -0.4 is 4.80 Å². The van der Waals surface area contributed by atoms with Crippen molar-refractivity contribution in [1.29, 1.82) is 0 Å². The molecule has 2 aromatic rings. The summed E-state index contributed by atoms with van der Waals surface area (Å²) < 4.78 is 1.86. The van der Waals surface area contributed by atoms with Crippen LogP contribution in [0.4, 0.5) is 0 Å². The van der Waals surface area contributed by atoms with E-state index in [9.17, 15) is 4.79 Å². The summed E-state index contributed by atoms with van der Waals surface area (Å²) in [6.45, 7) is 0. The summed E-state index contributed by atoms with van der Waals surface area (Å²) in [7, 11) is 1.89. The number of aromatic nitrogens is 1. The number of aryl methyl sites for hydroxylation is 1. The predicted octanol–water partition coefficient (Wildman–Crippen LogP) is 2.90. The zero-order valence-electron chi connectivity index (χ0n) is 10.5. The SMILES string of the molecule is Cn1ccsc1=NC(=O)C1(c2cccc(Cl)c2)CC1. The summed E-state index contributed by atoms with van der Waals surface area (Å²) in [4.78, 5) is 17.4. The van der Waals surface area contributed by atoms with Gasteiger partial charge in [-0.3, -0.25) is 4.79 Å². The van der Waals surface area contributed by atoms with Gasteiger partial charge in [-0.1, -0.05) is 23.7 Å². The van der Waals surface area contributed by atoms with Crippen LogP contribution in [-0.2, 0) is 17.3 Å². The second-order valence-electron chi connectivity index (χ2n) is 4.81. The van der Waals surface area contributed by atoms with E-state index in [1.54, 1.807) is 0 Å². The topological polar surface area (TPSA) is 34.4 Å². The highest BCUT2D eigenvalue weighted by molar-refractivity contribution is 7.07. The van der Waals surface area contributed by atoms with Gasteiger partial charge < -0.3 is 4.57 Å². The summed E-state index contributed by atoms with van der Waals surface area (Å²) >= 11 is 7.48. The Kier molecular flexibility index (Phi) is 3.07. The van der Waals surface area contributed by atoms with Crippen molar-refractivity contribution >= 4 is 28.8 Å². The average Bonchev–Trinajstić information content (AvgIpc) is 3.11. The van der Waals surface area contributed by atoms with E-state index in [0.29, 0.717) is 5.02 Å². The van der Waals surface area contributed by atoms with Crippen LogP contribution >= 0.6 is 22.9 Å². The number of halogens is 1. The number of rotatable bonds is 2. The summed E-state index contributed by atoms with van der Waals surface area (Å²) in [6, 6.07) is 7.54. The lowest BCUT2D eigenvalue weighted by Crippen LogP contribution is -2.22. The molecular weight excluding hydrogens is 280 g/mol. The van der Waals surface area contributed by atoms with Gasteiger partial charge in [0.05, 0.1) is 5.41 Å². The molecule has 5 heteroatoms. The Morgan fingerprint density at radius 3 is 2.84 bits per heavy atom. The maximum Gasteiger partial charge on any atom is 0.258 e. The molecule has 3 rings (SSSR count). The lowest BCUT2D eigenvalue weighted by molar-refractivity contribution is -0.120. The van der Waals surface area contributed by atoms with Crippen molar-refractivity contribution in [3.05, 3.63) is 51.2 Å². The molecule has 1 aromatic carbocycles. The van der Waals surface area contributed by atoms with Crippen LogP contribution in [0.1, 0.15) is 18.4 Å². The van der Waals surface area contributed by atoms with E-state index < -0.39 is 5.41 Å². The third-order valence-corrected chi connectivity index (χ3v) is 4.58. The van der Waals surface area contributed by atoms with E-state index in [2.05, 4.69) is 4.99 Å². The standard InChI is InChI=1S/C14H13ClN2OS/c1-17-7-8-19-13(17)16-12(18)14(5-6-14)10-3-2-4-11(15)9-10/h2-4,7-9H,5-6H2,1H3. The quantitative estimate of drug-likeness (QED) is 0.838. The Labute approximate surface area is 120 Å². The number of thiazole rings is 1. The summed E-state index contributed by atoms with van der Waals surface area (Å²) in [6.07, 6.45) is 3.60. The molecule has 0 spiro atoms. The number of benzene rings is 1. The highest BCUT2D eigenvalue weighted by atomic mass is 35.5. The number of hydrogen-bond acceptors (Lipinski definition) is 2. The van der Waals surface area contributed by atoms with Crippen molar-refractivity contribution in [1.82, 2.24) is 4.57 Å². The van der Waals surface area contributed by atoms with Crippen molar-refractivity contribution in [2.24, 2.45) is 12.0 Å². The number of nitrogens with zero attached hydrogens (tertiary/aromatic N) is 2. The Morgan fingerprint density at radius 1 is 1.47 bits per heavy atom. The third-order valence-electron chi connectivity index (χ3n) is 3.49. The van der Waals surface area contributed by atoms with Gasteiger partial charge in [-0.15, -0.1) is 11.3 Å². The molecule has 0 bridgehead atoms. The van der Waals surface area contributed by atoms with Gasteiger partial charge in [0.25, 0.3) is 5.91 Å². The average molecular weight is 293 g/mol. The minimum atomic E-state index is -0.443. The molecule has 0 saturated heterocycles. The third kappa shape index (κ3) is 2.26. The Balaban J connectivity index is 1.98. The van der Waals surface area contributed by atoms with Crippen LogP contribution in [0.5, 0.6) is 0 Å². The van der Waals surface area contributed by atoms with Crippen molar-refractivity contribution in [2.75, 3.05) is 0 Å². The second-order valence-corrected chi connectivity index (χ2v) is 6.12. The maximum absolute atomic E-state index is 12.4. The van der Waals surface area contributed by atoms with Crippen LogP contribution in [0.2, 0.25) is 5.02 Å². The van der Waals surface area contributed by atoms with E-state index in [0.717, 1.165) is 23.2 Å². The molecular formula is C14H13ClN2OS. The highest BCUT2D eigenvalue weighted by Crippen LogP contribution is 2.49. The number of carbonyl (C=O) groups is 1. The molecule has 1 aliphatic rings. The number of carbonyl (C=O) groups excluding carboxylic acids is 1. The first-order valence-electron chi connectivity index (χ1n) is 6.07. The molecule has 0 unspecified atom stereocenters.